The van der Waals surface area contributed by atoms with E-state index in [2.05, 4.69) is 37.5 Å². The van der Waals surface area contributed by atoms with Crippen LogP contribution in [-0.4, -0.2) is 70.8 Å². The third kappa shape index (κ3) is 9.66. The molecule has 2 aromatic heterocycles. The zero-order chi connectivity index (χ0) is 39.7. The molecule has 290 valence electrons. The fraction of sp³-hybridized carbons (Fsp3) is 0.233. The van der Waals surface area contributed by atoms with Gasteiger partial charge in [-0.15, -0.1) is 0 Å². The van der Waals surface area contributed by atoms with E-state index < -0.39 is 0 Å². The van der Waals surface area contributed by atoms with Gasteiger partial charge in [-0.25, -0.2) is 4.39 Å². The van der Waals surface area contributed by atoms with Crippen molar-refractivity contribution >= 4 is 23.2 Å². The minimum Gasteiger partial charge on any atom is -0.371 e. The van der Waals surface area contributed by atoms with E-state index in [-0.39, 0.29) is 29.8 Å². The van der Waals surface area contributed by atoms with Gasteiger partial charge in [-0.2, -0.15) is 15.5 Å². The molecule has 2 atom stereocenters. The number of amides is 2. The zero-order valence-electron chi connectivity index (χ0n) is 31.5. The molecule has 0 spiro atoms. The van der Waals surface area contributed by atoms with Gasteiger partial charge in [0.1, 0.15) is 17.2 Å². The van der Waals surface area contributed by atoms with Gasteiger partial charge in [-0.3, -0.25) is 19.0 Å². The molecule has 6 aromatic rings. The quantitative estimate of drug-likeness (QED) is 0.146. The summed E-state index contributed by atoms with van der Waals surface area (Å²) >= 11 is 0. The Hall–Kier alpha value is -6.50. The summed E-state index contributed by atoms with van der Waals surface area (Å²) in [4.78, 5) is 25.4. The highest BCUT2D eigenvalue weighted by molar-refractivity contribution is 6.04. The van der Waals surface area contributed by atoms with Crippen LogP contribution in [-0.2, 0) is 23.6 Å². The molecule has 57 heavy (non-hydrogen) atoms. The lowest BCUT2D eigenvalue weighted by Crippen LogP contribution is -2.33. The van der Waals surface area contributed by atoms with Crippen molar-refractivity contribution < 1.29 is 23.5 Å². The smallest absolute Gasteiger partial charge is 0.273 e. The molecule has 2 saturated heterocycles. The van der Waals surface area contributed by atoms with Gasteiger partial charge in [-0.1, -0.05) is 36.4 Å². The van der Waals surface area contributed by atoms with Crippen LogP contribution in [0.25, 0.3) is 22.5 Å². The summed E-state index contributed by atoms with van der Waals surface area (Å²) in [5.41, 5.74) is 7.92. The van der Waals surface area contributed by atoms with Crippen LogP contribution in [0.1, 0.15) is 49.9 Å². The Kier molecular flexibility index (Phi) is 12.2. The Bertz CT molecular complexity index is 2340. The summed E-state index contributed by atoms with van der Waals surface area (Å²) in [5, 5.41) is 30.1. The number of benzene rings is 4. The summed E-state index contributed by atoms with van der Waals surface area (Å²) in [6, 6.07) is 34.0. The van der Waals surface area contributed by atoms with E-state index in [1.165, 1.54) is 16.8 Å². The number of carbonyl (C=O) groups is 2. The predicted molar refractivity (Wildman–Crippen MR) is 214 cm³/mol. The lowest BCUT2D eigenvalue weighted by molar-refractivity contribution is 0.0276. The number of rotatable bonds is 8. The van der Waals surface area contributed by atoms with Crippen LogP contribution in [0, 0.1) is 17.1 Å². The van der Waals surface area contributed by atoms with Gasteiger partial charge in [0, 0.05) is 62.8 Å². The monoisotopic (exact) mass is 767 g/mol. The molecule has 0 saturated carbocycles. The summed E-state index contributed by atoms with van der Waals surface area (Å²) < 4.78 is 27.7. The third-order valence-corrected chi connectivity index (χ3v) is 9.61. The maximum absolute atomic E-state index is 13.1. The van der Waals surface area contributed by atoms with Crippen LogP contribution < -0.4 is 21.3 Å². The minimum absolute atomic E-state index is 0.0360. The highest BCUT2D eigenvalue weighted by atomic mass is 19.1. The number of aromatic nitrogens is 4. The first-order valence-corrected chi connectivity index (χ1v) is 18.6. The minimum atomic E-state index is -0.310. The first kappa shape index (κ1) is 38.8. The molecule has 2 amide bonds. The molecule has 2 fully saturated rings. The summed E-state index contributed by atoms with van der Waals surface area (Å²) in [6.45, 7) is 4.71. The molecular formula is C43H42FN9O4. The molecule has 4 heterocycles. The molecule has 0 bridgehead atoms. The van der Waals surface area contributed by atoms with E-state index in [0.717, 1.165) is 48.4 Å². The van der Waals surface area contributed by atoms with Gasteiger partial charge in [0.2, 0.25) is 0 Å². The standard InChI is InChI=1S/C22H21N5O2.C21H21FN4O2/c1-27-20(12-19(26-27)16-4-2-15(13-23)3-5-16)22(28)25-18-8-6-17(7-9-18)21-14-24-10-11-29-21;1-26-19(12-18(25-26)14-2-6-16(22)7-3-14)21(27)24-17-8-4-15(5-9-17)20-13-23-10-11-28-20/h2-9,12,21,24H,10-11,14H2,1H3,(H,25,28);2-9,12,20,23H,10-11,13H2,1H3,(H,24,27)/t21-;20-/m11/s1. The lowest BCUT2D eigenvalue weighted by Gasteiger charge is -2.24. The van der Waals surface area contributed by atoms with E-state index in [1.807, 2.05) is 60.7 Å². The zero-order valence-corrected chi connectivity index (χ0v) is 31.5. The Morgan fingerprint density at radius 1 is 0.684 bits per heavy atom. The second kappa shape index (κ2) is 18.0. The largest absolute Gasteiger partial charge is 0.371 e. The predicted octanol–water partition coefficient (Wildman–Crippen LogP) is 6.01. The Labute approximate surface area is 329 Å². The lowest BCUT2D eigenvalue weighted by atomic mass is 10.1. The van der Waals surface area contributed by atoms with Crippen LogP contribution in [0.15, 0.2) is 109 Å². The van der Waals surface area contributed by atoms with Crippen molar-refractivity contribution in [2.75, 3.05) is 50.0 Å². The topological polar surface area (TPSA) is 160 Å². The SMILES string of the molecule is Cn1nc(-c2ccc(C#N)cc2)cc1C(=O)Nc1ccc([C@H]2CNCCO2)cc1.Cn1nc(-c2ccc(F)cc2)cc1C(=O)Nc1ccc([C@H]2CNCCO2)cc1. The van der Waals surface area contributed by atoms with E-state index in [1.54, 1.807) is 55.2 Å². The average Bonchev–Trinajstić information content (AvgIpc) is 3.85. The maximum Gasteiger partial charge on any atom is 0.273 e. The molecule has 14 heteroatoms. The van der Waals surface area contributed by atoms with Crippen LogP contribution >= 0.6 is 0 Å². The number of nitriles is 1. The van der Waals surface area contributed by atoms with Crippen molar-refractivity contribution in [3.8, 4) is 28.6 Å². The first-order valence-electron chi connectivity index (χ1n) is 18.6. The van der Waals surface area contributed by atoms with Crippen molar-refractivity contribution in [1.29, 1.82) is 5.26 Å². The normalized spacial score (nSPS) is 16.5. The number of morpholine rings is 2. The van der Waals surface area contributed by atoms with Gasteiger partial charge in [0.15, 0.2) is 0 Å². The van der Waals surface area contributed by atoms with Crippen molar-refractivity contribution in [3.05, 3.63) is 143 Å². The second-order valence-corrected chi connectivity index (χ2v) is 13.6. The van der Waals surface area contributed by atoms with Gasteiger partial charge < -0.3 is 30.7 Å². The summed E-state index contributed by atoms with van der Waals surface area (Å²) in [6.07, 6.45) is 0.0781. The van der Waals surface area contributed by atoms with E-state index >= 15 is 0 Å². The van der Waals surface area contributed by atoms with Crippen LogP contribution in [0.5, 0.6) is 0 Å². The number of carbonyl (C=O) groups excluding carboxylic acids is 2. The van der Waals surface area contributed by atoms with Crippen molar-refractivity contribution in [2.24, 2.45) is 14.1 Å². The fourth-order valence-electron chi connectivity index (χ4n) is 6.49. The molecule has 8 rings (SSSR count). The molecular weight excluding hydrogens is 726 g/mol. The van der Waals surface area contributed by atoms with Gasteiger partial charge in [-0.05, 0) is 83.9 Å². The number of nitrogens with one attached hydrogen (secondary N) is 4. The van der Waals surface area contributed by atoms with Crippen LogP contribution in [0.4, 0.5) is 15.8 Å². The molecule has 13 nitrogen and oxygen atoms in total. The Morgan fingerprint density at radius 3 is 1.49 bits per heavy atom. The van der Waals surface area contributed by atoms with Gasteiger partial charge in [0.25, 0.3) is 11.8 Å². The summed E-state index contributed by atoms with van der Waals surface area (Å²) in [5.74, 6) is -0.801. The maximum atomic E-state index is 13.1. The highest BCUT2D eigenvalue weighted by Crippen LogP contribution is 2.25. The van der Waals surface area contributed by atoms with Gasteiger partial charge in [0.05, 0.1) is 48.4 Å². The number of halogens is 1. The number of nitrogens with zero attached hydrogens (tertiary/aromatic N) is 5. The number of aryl methyl sites for hydroxylation is 2. The molecule has 2 aliphatic heterocycles. The van der Waals surface area contributed by atoms with E-state index in [0.29, 0.717) is 52.9 Å². The highest BCUT2D eigenvalue weighted by Gasteiger charge is 2.19. The van der Waals surface area contributed by atoms with E-state index in [9.17, 15) is 14.0 Å². The number of hydrogen-bond acceptors (Lipinski definition) is 9. The van der Waals surface area contributed by atoms with Crippen molar-refractivity contribution in [3.63, 3.8) is 0 Å². The average molecular weight is 768 g/mol. The van der Waals surface area contributed by atoms with Crippen LogP contribution in [0.3, 0.4) is 0 Å². The van der Waals surface area contributed by atoms with Crippen LogP contribution in [0.2, 0.25) is 0 Å². The number of ether oxygens (including phenoxy) is 2. The fourth-order valence-corrected chi connectivity index (χ4v) is 6.49. The Morgan fingerprint density at radius 2 is 1.11 bits per heavy atom. The van der Waals surface area contributed by atoms with Crippen molar-refractivity contribution in [1.82, 2.24) is 30.2 Å². The molecule has 0 radical (unpaired) electrons. The first-order chi connectivity index (χ1) is 27.7. The second-order valence-electron chi connectivity index (χ2n) is 13.6. The molecule has 0 aliphatic carbocycles. The molecule has 0 unspecified atom stereocenters. The third-order valence-electron chi connectivity index (χ3n) is 9.61. The number of anilines is 2. The van der Waals surface area contributed by atoms with Gasteiger partial charge >= 0.3 is 0 Å². The van der Waals surface area contributed by atoms with E-state index in [4.69, 9.17) is 14.7 Å². The summed E-state index contributed by atoms with van der Waals surface area (Å²) in [7, 11) is 3.44. The number of hydrogen-bond donors (Lipinski definition) is 4. The molecule has 4 N–H and O–H groups in total. The molecule has 4 aromatic carbocycles. The molecule has 2 aliphatic rings. The van der Waals surface area contributed by atoms with Crippen molar-refractivity contribution in [2.45, 2.75) is 12.2 Å². The Balaban J connectivity index is 0.000000174.